The zero-order chi connectivity index (χ0) is 14.6. The summed E-state index contributed by atoms with van der Waals surface area (Å²) in [6, 6.07) is 2.82. The minimum atomic E-state index is 0.240. The molecule has 0 radical (unpaired) electrons. The van der Waals surface area contributed by atoms with E-state index in [1.54, 1.807) is 0 Å². The summed E-state index contributed by atoms with van der Waals surface area (Å²) in [5.41, 5.74) is 1.53. The van der Waals surface area contributed by atoms with Gasteiger partial charge in [0.25, 0.3) is 0 Å². The summed E-state index contributed by atoms with van der Waals surface area (Å²) >= 11 is 3.52. The first-order chi connectivity index (χ1) is 9.56. The third-order valence-corrected chi connectivity index (χ3v) is 4.82. The van der Waals surface area contributed by atoms with Gasteiger partial charge in [-0.05, 0) is 47.3 Å². The van der Waals surface area contributed by atoms with Crippen LogP contribution in [0.25, 0.3) is 0 Å². The van der Waals surface area contributed by atoms with Crippen molar-refractivity contribution in [1.29, 1.82) is 0 Å². The van der Waals surface area contributed by atoms with Crippen LogP contribution >= 0.6 is 15.9 Å². The fourth-order valence-electron chi connectivity index (χ4n) is 2.94. The van der Waals surface area contributed by atoms with Crippen LogP contribution in [-0.2, 0) is 6.54 Å². The normalized spacial score (nSPS) is 27.7. The van der Waals surface area contributed by atoms with Gasteiger partial charge >= 0.3 is 0 Å². The maximum Gasteiger partial charge on any atom is 0.0410 e. The third-order valence-electron chi connectivity index (χ3n) is 4.38. The van der Waals surface area contributed by atoms with E-state index in [-0.39, 0.29) is 5.54 Å². The molecule has 1 fully saturated rings. The molecule has 20 heavy (non-hydrogen) atoms. The molecule has 0 saturated carbocycles. The molecule has 1 aliphatic rings. The van der Waals surface area contributed by atoms with Crippen molar-refractivity contribution >= 4 is 15.9 Å². The topological polar surface area (TPSA) is 28.2 Å². The fraction of sp³-hybridized carbons (Fsp3) is 0.688. The van der Waals surface area contributed by atoms with Crippen molar-refractivity contribution in [1.82, 2.24) is 15.2 Å². The Hall–Kier alpha value is -0.450. The van der Waals surface area contributed by atoms with Gasteiger partial charge in [-0.25, -0.2) is 0 Å². The molecule has 3 nitrogen and oxygen atoms in total. The molecule has 0 amide bonds. The van der Waals surface area contributed by atoms with Crippen molar-refractivity contribution in [3.8, 4) is 0 Å². The van der Waals surface area contributed by atoms with Gasteiger partial charge in [0, 0.05) is 48.1 Å². The van der Waals surface area contributed by atoms with Crippen LogP contribution < -0.4 is 5.32 Å². The van der Waals surface area contributed by atoms with Crippen molar-refractivity contribution in [3.05, 3.63) is 28.5 Å². The molecule has 2 heterocycles. The molecule has 1 aliphatic heterocycles. The van der Waals surface area contributed by atoms with Gasteiger partial charge in [-0.15, -0.1) is 0 Å². The summed E-state index contributed by atoms with van der Waals surface area (Å²) in [5, 5.41) is 3.74. The highest BCUT2D eigenvalue weighted by Gasteiger charge is 2.33. The summed E-state index contributed by atoms with van der Waals surface area (Å²) in [4.78, 5) is 6.92. The van der Waals surface area contributed by atoms with Crippen LogP contribution in [0.1, 0.15) is 45.6 Å². The summed E-state index contributed by atoms with van der Waals surface area (Å²) in [6.45, 7) is 10.1. The highest BCUT2D eigenvalue weighted by atomic mass is 79.9. The van der Waals surface area contributed by atoms with Crippen LogP contribution in [0.3, 0.4) is 0 Å². The highest BCUT2D eigenvalue weighted by molar-refractivity contribution is 9.10. The maximum absolute atomic E-state index is 4.29. The van der Waals surface area contributed by atoms with E-state index in [1.165, 1.54) is 24.8 Å². The van der Waals surface area contributed by atoms with Crippen molar-refractivity contribution in [2.24, 2.45) is 0 Å². The summed E-state index contributed by atoms with van der Waals surface area (Å²) in [6.07, 6.45) is 7.50. The molecule has 0 aromatic carbocycles. The van der Waals surface area contributed by atoms with Crippen molar-refractivity contribution in [2.45, 2.75) is 58.2 Å². The standard InChI is InChI=1S/C16H26BrN3/c1-4-6-15-10-19-16(3,5-2)12-20(15)11-13-7-14(17)9-18-8-13/h7-9,15,19H,4-6,10-12H2,1-3H3. The van der Waals surface area contributed by atoms with Gasteiger partial charge in [0.05, 0.1) is 0 Å². The smallest absolute Gasteiger partial charge is 0.0410 e. The zero-order valence-corrected chi connectivity index (χ0v) is 14.4. The molecular formula is C16H26BrN3. The van der Waals surface area contributed by atoms with Crippen LogP contribution in [0.15, 0.2) is 22.9 Å². The van der Waals surface area contributed by atoms with Gasteiger partial charge in [0.15, 0.2) is 0 Å². The minimum Gasteiger partial charge on any atom is -0.309 e. The number of piperazine rings is 1. The molecule has 112 valence electrons. The minimum absolute atomic E-state index is 0.240. The van der Waals surface area contributed by atoms with Crippen LogP contribution in [0.5, 0.6) is 0 Å². The summed E-state index contributed by atoms with van der Waals surface area (Å²) in [5.74, 6) is 0. The lowest BCUT2D eigenvalue weighted by molar-refractivity contribution is 0.0725. The Kier molecular flexibility index (Phi) is 5.58. The first kappa shape index (κ1) is 15.9. The van der Waals surface area contributed by atoms with E-state index in [4.69, 9.17) is 0 Å². The largest absolute Gasteiger partial charge is 0.309 e. The van der Waals surface area contributed by atoms with E-state index >= 15 is 0 Å². The van der Waals surface area contributed by atoms with E-state index in [1.807, 2.05) is 12.4 Å². The Labute approximate surface area is 131 Å². The lowest BCUT2D eigenvalue weighted by atomic mass is 9.92. The van der Waals surface area contributed by atoms with Gasteiger partial charge in [0.2, 0.25) is 0 Å². The highest BCUT2D eigenvalue weighted by Crippen LogP contribution is 2.23. The number of halogens is 1. The molecule has 2 rings (SSSR count). The molecule has 4 heteroatoms. The molecule has 0 aliphatic carbocycles. The lowest BCUT2D eigenvalue weighted by Crippen LogP contribution is -2.62. The average Bonchev–Trinajstić information content (AvgIpc) is 2.42. The first-order valence-corrected chi connectivity index (χ1v) is 8.44. The van der Waals surface area contributed by atoms with Crippen molar-refractivity contribution in [2.75, 3.05) is 13.1 Å². The summed E-state index contributed by atoms with van der Waals surface area (Å²) in [7, 11) is 0. The Balaban J connectivity index is 2.10. The second kappa shape index (κ2) is 7.01. The van der Waals surface area contributed by atoms with E-state index < -0.39 is 0 Å². The molecule has 1 aromatic rings. The van der Waals surface area contributed by atoms with Crippen LogP contribution in [0.4, 0.5) is 0 Å². The number of hydrogen-bond acceptors (Lipinski definition) is 3. The predicted octanol–water partition coefficient (Wildman–Crippen LogP) is 3.59. The Bertz CT molecular complexity index is 437. The predicted molar refractivity (Wildman–Crippen MR) is 87.7 cm³/mol. The Morgan fingerprint density at radius 3 is 2.90 bits per heavy atom. The van der Waals surface area contributed by atoms with Crippen LogP contribution in [-0.4, -0.2) is 34.6 Å². The first-order valence-electron chi connectivity index (χ1n) is 7.65. The average molecular weight is 340 g/mol. The van der Waals surface area contributed by atoms with Crippen molar-refractivity contribution < 1.29 is 0 Å². The van der Waals surface area contributed by atoms with E-state index in [9.17, 15) is 0 Å². The molecule has 0 bridgehead atoms. The summed E-state index contributed by atoms with van der Waals surface area (Å²) < 4.78 is 1.07. The lowest BCUT2D eigenvalue weighted by Gasteiger charge is -2.46. The number of pyridine rings is 1. The molecule has 2 atom stereocenters. The van der Waals surface area contributed by atoms with E-state index in [0.29, 0.717) is 6.04 Å². The van der Waals surface area contributed by atoms with Crippen LogP contribution in [0.2, 0.25) is 0 Å². The van der Waals surface area contributed by atoms with Crippen LogP contribution in [0, 0.1) is 0 Å². The van der Waals surface area contributed by atoms with Gasteiger partial charge < -0.3 is 5.32 Å². The number of nitrogens with zero attached hydrogens (tertiary/aromatic N) is 2. The Morgan fingerprint density at radius 2 is 2.25 bits per heavy atom. The third kappa shape index (κ3) is 4.03. The number of hydrogen-bond donors (Lipinski definition) is 1. The second-order valence-electron chi connectivity index (χ2n) is 6.15. The quantitative estimate of drug-likeness (QED) is 0.888. The molecule has 2 unspecified atom stereocenters. The SMILES string of the molecule is CCCC1CNC(C)(CC)CN1Cc1cncc(Br)c1. The molecule has 1 saturated heterocycles. The monoisotopic (exact) mass is 339 g/mol. The van der Waals surface area contributed by atoms with Crippen molar-refractivity contribution in [3.63, 3.8) is 0 Å². The Morgan fingerprint density at radius 1 is 1.45 bits per heavy atom. The van der Waals surface area contributed by atoms with Gasteiger partial charge in [-0.2, -0.15) is 0 Å². The molecule has 0 spiro atoms. The maximum atomic E-state index is 4.29. The molecule has 1 N–H and O–H groups in total. The zero-order valence-electron chi connectivity index (χ0n) is 12.8. The fourth-order valence-corrected chi connectivity index (χ4v) is 3.36. The van der Waals surface area contributed by atoms with Gasteiger partial charge in [-0.3, -0.25) is 9.88 Å². The van der Waals surface area contributed by atoms with Gasteiger partial charge in [0.1, 0.15) is 0 Å². The number of nitrogens with one attached hydrogen (secondary N) is 1. The van der Waals surface area contributed by atoms with E-state index in [2.05, 4.69) is 58.0 Å². The number of aromatic nitrogens is 1. The second-order valence-corrected chi connectivity index (χ2v) is 7.07. The molecule has 1 aromatic heterocycles. The van der Waals surface area contributed by atoms with E-state index in [0.717, 1.165) is 24.1 Å². The van der Waals surface area contributed by atoms with Gasteiger partial charge in [-0.1, -0.05) is 20.3 Å². The molecular weight excluding hydrogens is 314 g/mol. The number of rotatable bonds is 5.